The third kappa shape index (κ3) is 3.05. The second-order valence-corrected chi connectivity index (χ2v) is 6.67. The molecule has 0 saturated carbocycles. The Morgan fingerprint density at radius 3 is 2.92 bits per heavy atom. The van der Waals surface area contributed by atoms with Crippen LogP contribution in [0.2, 0.25) is 0 Å². The Bertz CT molecular complexity index is 741. The van der Waals surface area contributed by atoms with Crippen molar-refractivity contribution in [3.63, 3.8) is 0 Å². The summed E-state index contributed by atoms with van der Waals surface area (Å²) in [5, 5.41) is 4.04. The summed E-state index contributed by atoms with van der Waals surface area (Å²) in [7, 11) is 0. The molecule has 2 aliphatic heterocycles. The molecule has 25 heavy (non-hydrogen) atoms. The van der Waals surface area contributed by atoms with E-state index in [1.165, 1.54) is 0 Å². The zero-order valence-corrected chi connectivity index (χ0v) is 14.5. The minimum absolute atomic E-state index is 0.0316. The van der Waals surface area contributed by atoms with Crippen LogP contribution in [0.1, 0.15) is 27.5 Å². The molecule has 7 nitrogen and oxygen atoms in total. The maximum absolute atomic E-state index is 12.7. The molecule has 0 aromatic carbocycles. The number of nitrogens with zero attached hydrogens (tertiary/aromatic N) is 4. The van der Waals surface area contributed by atoms with Crippen LogP contribution in [0.25, 0.3) is 0 Å². The molecule has 2 saturated heterocycles. The van der Waals surface area contributed by atoms with E-state index >= 15 is 0 Å². The Morgan fingerprint density at radius 1 is 1.32 bits per heavy atom. The van der Waals surface area contributed by atoms with Crippen LogP contribution in [-0.4, -0.2) is 64.2 Å². The van der Waals surface area contributed by atoms with Crippen LogP contribution < -0.4 is 0 Å². The SMILES string of the molecule is Cc1noc(C)c1CN1CCO[C@H]2CN(C(=O)c3ccccn3)C[C@H]21. The van der Waals surface area contributed by atoms with E-state index in [1.807, 2.05) is 30.9 Å². The molecular weight excluding hydrogens is 320 g/mol. The van der Waals surface area contributed by atoms with E-state index in [1.54, 1.807) is 12.3 Å². The largest absolute Gasteiger partial charge is 0.373 e. The maximum Gasteiger partial charge on any atom is 0.272 e. The highest BCUT2D eigenvalue weighted by Gasteiger charge is 2.42. The zero-order valence-electron chi connectivity index (χ0n) is 14.5. The van der Waals surface area contributed by atoms with Crippen molar-refractivity contribution >= 4 is 5.91 Å². The smallest absolute Gasteiger partial charge is 0.272 e. The van der Waals surface area contributed by atoms with Gasteiger partial charge in [0.1, 0.15) is 11.5 Å². The summed E-state index contributed by atoms with van der Waals surface area (Å²) in [5.74, 6) is 0.829. The number of amides is 1. The number of hydrogen-bond donors (Lipinski definition) is 0. The topological polar surface area (TPSA) is 71.7 Å². The van der Waals surface area contributed by atoms with Gasteiger partial charge in [-0.05, 0) is 26.0 Å². The van der Waals surface area contributed by atoms with Gasteiger partial charge in [0.2, 0.25) is 0 Å². The normalized spacial score (nSPS) is 23.7. The number of pyridine rings is 1. The molecule has 0 spiro atoms. The third-order valence-corrected chi connectivity index (χ3v) is 5.13. The number of morpholine rings is 1. The highest BCUT2D eigenvalue weighted by molar-refractivity contribution is 5.92. The predicted octanol–water partition coefficient (Wildman–Crippen LogP) is 1.41. The standard InChI is InChI=1S/C18H22N4O3/c1-12-14(13(2)25-20-12)9-21-7-8-24-17-11-22(10-16(17)21)18(23)15-5-3-4-6-19-15/h3-6,16-17H,7-11H2,1-2H3/t16-,17+/m1/s1. The first-order valence-electron chi connectivity index (χ1n) is 8.61. The first-order chi connectivity index (χ1) is 12.1. The van der Waals surface area contributed by atoms with E-state index in [4.69, 9.17) is 9.26 Å². The summed E-state index contributed by atoms with van der Waals surface area (Å²) in [6.45, 7) is 7.47. The highest BCUT2D eigenvalue weighted by Crippen LogP contribution is 2.27. The lowest BCUT2D eigenvalue weighted by atomic mass is 10.1. The average Bonchev–Trinajstić information content (AvgIpc) is 3.21. The quantitative estimate of drug-likeness (QED) is 0.840. The summed E-state index contributed by atoms with van der Waals surface area (Å²) in [6.07, 6.45) is 1.69. The fourth-order valence-electron chi connectivity index (χ4n) is 3.70. The number of fused-ring (bicyclic) bond motifs is 1. The number of ether oxygens (including phenoxy) is 1. The molecule has 2 fully saturated rings. The van der Waals surface area contributed by atoms with Crippen molar-refractivity contribution in [1.29, 1.82) is 0 Å². The average molecular weight is 342 g/mol. The van der Waals surface area contributed by atoms with Gasteiger partial charge in [0.25, 0.3) is 5.91 Å². The summed E-state index contributed by atoms with van der Waals surface area (Å²) in [5.41, 5.74) is 2.55. The minimum atomic E-state index is -0.0316. The first-order valence-corrected chi connectivity index (χ1v) is 8.61. The molecule has 0 N–H and O–H groups in total. The molecule has 2 aromatic rings. The Balaban J connectivity index is 1.49. The summed E-state index contributed by atoms with van der Waals surface area (Å²) in [4.78, 5) is 21.1. The van der Waals surface area contributed by atoms with E-state index in [0.717, 1.165) is 30.1 Å². The van der Waals surface area contributed by atoms with Crippen LogP contribution in [-0.2, 0) is 11.3 Å². The molecule has 2 atom stereocenters. The van der Waals surface area contributed by atoms with Crippen molar-refractivity contribution in [3.8, 4) is 0 Å². The maximum atomic E-state index is 12.7. The summed E-state index contributed by atoms with van der Waals surface area (Å²) in [6, 6.07) is 5.60. The molecule has 2 aliphatic rings. The van der Waals surface area contributed by atoms with Gasteiger partial charge in [-0.1, -0.05) is 11.2 Å². The van der Waals surface area contributed by atoms with E-state index in [-0.39, 0.29) is 18.1 Å². The van der Waals surface area contributed by atoms with Gasteiger partial charge in [-0.15, -0.1) is 0 Å². The summed E-state index contributed by atoms with van der Waals surface area (Å²) < 4.78 is 11.2. The number of aromatic nitrogens is 2. The molecule has 0 aliphatic carbocycles. The number of rotatable bonds is 3. The fraction of sp³-hybridized carbons (Fsp3) is 0.500. The number of likely N-dealkylation sites (tertiary alicyclic amines) is 1. The van der Waals surface area contributed by atoms with E-state index in [0.29, 0.717) is 25.4 Å². The zero-order chi connectivity index (χ0) is 17.4. The van der Waals surface area contributed by atoms with Gasteiger partial charge in [-0.25, -0.2) is 0 Å². The molecule has 132 valence electrons. The molecular formula is C18H22N4O3. The van der Waals surface area contributed by atoms with Crippen LogP contribution >= 0.6 is 0 Å². The Hall–Kier alpha value is -2.25. The van der Waals surface area contributed by atoms with Crippen LogP contribution in [0.4, 0.5) is 0 Å². The molecule has 0 bridgehead atoms. The van der Waals surface area contributed by atoms with Crippen molar-refractivity contribution in [3.05, 3.63) is 47.1 Å². The van der Waals surface area contributed by atoms with Gasteiger partial charge in [0, 0.05) is 37.9 Å². The van der Waals surface area contributed by atoms with Crippen LogP contribution in [0.15, 0.2) is 28.9 Å². The van der Waals surface area contributed by atoms with Gasteiger partial charge >= 0.3 is 0 Å². The van der Waals surface area contributed by atoms with E-state index in [9.17, 15) is 4.79 Å². The lowest BCUT2D eigenvalue weighted by Crippen LogP contribution is -2.50. The van der Waals surface area contributed by atoms with Crippen LogP contribution in [0, 0.1) is 13.8 Å². The minimum Gasteiger partial charge on any atom is -0.373 e. The molecule has 2 aromatic heterocycles. The number of carbonyl (C=O) groups excluding carboxylic acids is 1. The van der Waals surface area contributed by atoms with Gasteiger partial charge in [-0.3, -0.25) is 14.7 Å². The molecule has 0 unspecified atom stereocenters. The lowest BCUT2D eigenvalue weighted by Gasteiger charge is -2.36. The molecule has 4 heterocycles. The van der Waals surface area contributed by atoms with Gasteiger partial charge < -0.3 is 14.2 Å². The number of carbonyl (C=O) groups is 1. The molecule has 7 heteroatoms. The molecule has 4 rings (SSSR count). The van der Waals surface area contributed by atoms with Crippen molar-refractivity contribution < 1.29 is 14.1 Å². The van der Waals surface area contributed by atoms with Crippen LogP contribution in [0.5, 0.6) is 0 Å². The van der Waals surface area contributed by atoms with Crippen molar-refractivity contribution in [2.75, 3.05) is 26.2 Å². The van der Waals surface area contributed by atoms with E-state index in [2.05, 4.69) is 15.0 Å². The lowest BCUT2D eigenvalue weighted by molar-refractivity contribution is -0.0505. The predicted molar refractivity (Wildman–Crippen MR) is 90.1 cm³/mol. The number of hydrogen-bond acceptors (Lipinski definition) is 6. The third-order valence-electron chi connectivity index (χ3n) is 5.13. The van der Waals surface area contributed by atoms with Crippen molar-refractivity contribution in [2.24, 2.45) is 0 Å². The fourth-order valence-corrected chi connectivity index (χ4v) is 3.70. The molecule has 0 radical (unpaired) electrons. The second-order valence-electron chi connectivity index (χ2n) is 6.67. The highest BCUT2D eigenvalue weighted by atomic mass is 16.5. The Labute approximate surface area is 146 Å². The Kier molecular flexibility index (Phi) is 4.27. The monoisotopic (exact) mass is 342 g/mol. The van der Waals surface area contributed by atoms with Gasteiger partial charge in [0.05, 0.1) is 24.4 Å². The van der Waals surface area contributed by atoms with Crippen molar-refractivity contribution in [1.82, 2.24) is 19.9 Å². The van der Waals surface area contributed by atoms with Gasteiger partial charge in [-0.2, -0.15) is 0 Å². The van der Waals surface area contributed by atoms with Crippen molar-refractivity contribution in [2.45, 2.75) is 32.5 Å². The number of aryl methyl sites for hydroxylation is 2. The van der Waals surface area contributed by atoms with Crippen LogP contribution in [0.3, 0.4) is 0 Å². The van der Waals surface area contributed by atoms with Gasteiger partial charge in [0.15, 0.2) is 0 Å². The Morgan fingerprint density at radius 2 is 2.20 bits per heavy atom. The second kappa shape index (κ2) is 6.57. The summed E-state index contributed by atoms with van der Waals surface area (Å²) >= 11 is 0. The molecule has 1 amide bonds. The first kappa shape index (κ1) is 16.2. The van der Waals surface area contributed by atoms with E-state index < -0.39 is 0 Å².